The molecule has 0 fully saturated rings. The number of carbonyl (C=O) groups excluding carboxylic acids is 1. The maximum atomic E-state index is 12.2. The number of aryl methyl sites for hydroxylation is 2. The molecule has 0 radical (unpaired) electrons. The Balaban J connectivity index is 1.47. The lowest BCUT2D eigenvalue weighted by Gasteiger charge is -2.03. The number of hydrogen-bond donors (Lipinski definition) is 1. The number of thiazole rings is 1. The molecule has 1 aromatic carbocycles. The molecule has 8 heteroatoms. The van der Waals surface area contributed by atoms with Crippen LogP contribution in [0, 0.1) is 13.8 Å². The monoisotopic (exact) mass is 367 g/mol. The summed E-state index contributed by atoms with van der Waals surface area (Å²) in [5.41, 5.74) is 3.05. The van der Waals surface area contributed by atoms with E-state index in [1.54, 1.807) is 17.4 Å². The average Bonchev–Trinajstić information content (AvgIpc) is 3.33. The molecule has 0 atom stereocenters. The minimum absolute atomic E-state index is 0.258. The highest BCUT2D eigenvalue weighted by Gasteiger charge is 2.15. The Kier molecular flexibility index (Phi) is 4.26. The minimum atomic E-state index is -0.280. The summed E-state index contributed by atoms with van der Waals surface area (Å²) in [6.07, 6.45) is 0. The maximum Gasteiger partial charge on any atom is 0.273 e. The van der Waals surface area contributed by atoms with Gasteiger partial charge in [-0.05, 0) is 26.0 Å². The molecule has 0 aliphatic carbocycles. The smallest absolute Gasteiger partial charge is 0.273 e. The Morgan fingerprint density at radius 3 is 2.92 bits per heavy atom. The summed E-state index contributed by atoms with van der Waals surface area (Å²) >= 11 is 1.56. The molecule has 26 heavy (non-hydrogen) atoms. The topological polar surface area (TPSA) is 85.8 Å². The predicted molar refractivity (Wildman–Crippen MR) is 98.1 cm³/mol. The lowest BCUT2D eigenvalue weighted by Crippen LogP contribution is -2.23. The zero-order valence-corrected chi connectivity index (χ0v) is 15.2. The molecule has 0 unspecified atom stereocenters. The van der Waals surface area contributed by atoms with Gasteiger partial charge in [0.25, 0.3) is 5.91 Å². The second-order valence-electron chi connectivity index (χ2n) is 5.95. The van der Waals surface area contributed by atoms with Gasteiger partial charge in [0, 0.05) is 11.4 Å². The van der Waals surface area contributed by atoms with E-state index in [0.29, 0.717) is 18.8 Å². The van der Waals surface area contributed by atoms with E-state index in [-0.39, 0.29) is 11.6 Å². The van der Waals surface area contributed by atoms with Crippen LogP contribution in [0.15, 0.2) is 40.2 Å². The Hall–Kier alpha value is -3.00. The van der Waals surface area contributed by atoms with Gasteiger partial charge in [-0.25, -0.2) is 9.97 Å². The van der Waals surface area contributed by atoms with Crippen molar-refractivity contribution < 1.29 is 9.32 Å². The third-order valence-electron chi connectivity index (χ3n) is 4.05. The number of rotatable bonds is 5. The molecule has 4 aromatic rings. The van der Waals surface area contributed by atoms with Crippen LogP contribution < -0.4 is 5.32 Å². The van der Waals surface area contributed by atoms with Crippen molar-refractivity contribution in [2.24, 2.45) is 0 Å². The van der Waals surface area contributed by atoms with Gasteiger partial charge < -0.3 is 14.4 Å². The summed E-state index contributed by atoms with van der Waals surface area (Å²) in [5, 5.41) is 9.59. The zero-order valence-electron chi connectivity index (χ0n) is 14.4. The summed E-state index contributed by atoms with van der Waals surface area (Å²) in [7, 11) is 0. The molecule has 4 rings (SSSR count). The number of benzene rings is 1. The van der Waals surface area contributed by atoms with E-state index in [4.69, 9.17) is 4.52 Å². The van der Waals surface area contributed by atoms with Crippen LogP contribution in [0.5, 0.6) is 0 Å². The Morgan fingerprint density at radius 1 is 1.27 bits per heavy atom. The average molecular weight is 367 g/mol. The lowest BCUT2D eigenvalue weighted by molar-refractivity contribution is 0.0941. The van der Waals surface area contributed by atoms with Crippen molar-refractivity contribution in [2.75, 3.05) is 0 Å². The van der Waals surface area contributed by atoms with Gasteiger partial charge in [-0.15, -0.1) is 11.3 Å². The molecule has 3 heterocycles. The number of nitrogens with one attached hydrogen (secondary N) is 1. The fourth-order valence-electron chi connectivity index (χ4n) is 2.80. The van der Waals surface area contributed by atoms with Crippen LogP contribution >= 0.6 is 11.3 Å². The zero-order chi connectivity index (χ0) is 18.1. The molecule has 1 N–H and O–H groups in total. The van der Waals surface area contributed by atoms with E-state index in [0.717, 1.165) is 27.6 Å². The van der Waals surface area contributed by atoms with E-state index in [1.807, 2.05) is 48.1 Å². The van der Waals surface area contributed by atoms with E-state index in [1.165, 1.54) is 0 Å². The molecule has 3 aromatic heterocycles. The number of para-hydroxylation sites is 2. The van der Waals surface area contributed by atoms with E-state index in [2.05, 4.69) is 20.4 Å². The van der Waals surface area contributed by atoms with Gasteiger partial charge in [-0.1, -0.05) is 17.3 Å². The molecular weight excluding hydrogens is 350 g/mol. The van der Waals surface area contributed by atoms with Gasteiger partial charge in [0.1, 0.15) is 5.82 Å². The first kappa shape index (κ1) is 16.5. The first-order valence-corrected chi connectivity index (χ1v) is 9.05. The Bertz CT molecular complexity index is 1080. The van der Waals surface area contributed by atoms with Crippen molar-refractivity contribution in [1.82, 2.24) is 25.0 Å². The van der Waals surface area contributed by atoms with Gasteiger partial charge in [0.2, 0.25) is 0 Å². The van der Waals surface area contributed by atoms with Crippen LogP contribution in [0.3, 0.4) is 0 Å². The molecule has 0 saturated heterocycles. The standard InChI is InChI=1S/C18H17N5O2S/c1-11-20-15-5-3-4-6-17(15)23(11)9-14-7-16(22-25-14)18(24)19-8-13-10-26-12(2)21-13/h3-7,10H,8-9H2,1-2H3,(H,19,24). The fraction of sp³-hybridized carbons (Fsp3) is 0.222. The fourth-order valence-corrected chi connectivity index (χ4v) is 3.41. The van der Waals surface area contributed by atoms with Crippen molar-refractivity contribution in [3.8, 4) is 0 Å². The number of aromatic nitrogens is 4. The molecule has 0 saturated carbocycles. The summed E-state index contributed by atoms with van der Waals surface area (Å²) in [4.78, 5) is 21.1. The van der Waals surface area contributed by atoms with Crippen LogP contribution in [0.1, 0.15) is 32.8 Å². The van der Waals surface area contributed by atoms with Gasteiger partial charge in [0.05, 0.1) is 34.8 Å². The molecule has 7 nitrogen and oxygen atoms in total. The van der Waals surface area contributed by atoms with Crippen LogP contribution in [0.2, 0.25) is 0 Å². The van der Waals surface area contributed by atoms with Crippen molar-refractivity contribution >= 4 is 28.3 Å². The first-order valence-electron chi connectivity index (χ1n) is 8.17. The van der Waals surface area contributed by atoms with Crippen molar-refractivity contribution in [3.05, 3.63) is 63.7 Å². The lowest BCUT2D eigenvalue weighted by atomic mass is 10.3. The molecular formula is C18H17N5O2S. The van der Waals surface area contributed by atoms with E-state index >= 15 is 0 Å². The van der Waals surface area contributed by atoms with Crippen LogP contribution in [-0.4, -0.2) is 25.6 Å². The van der Waals surface area contributed by atoms with Crippen molar-refractivity contribution in [1.29, 1.82) is 0 Å². The quantitative estimate of drug-likeness (QED) is 0.586. The van der Waals surface area contributed by atoms with Gasteiger partial charge >= 0.3 is 0 Å². The van der Waals surface area contributed by atoms with E-state index < -0.39 is 0 Å². The van der Waals surface area contributed by atoms with Crippen molar-refractivity contribution in [3.63, 3.8) is 0 Å². The maximum absolute atomic E-state index is 12.2. The number of amides is 1. The Morgan fingerprint density at radius 2 is 2.12 bits per heavy atom. The summed E-state index contributed by atoms with van der Waals surface area (Å²) in [5.74, 6) is 1.20. The van der Waals surface area contributed by atoms with Crippen LogP contribution in [0.25, 0.3) is 11.0 Å². The highest BCUT2D eigenvalue weighted by atomic mass is 32.1. The number of fused-ring (bicyclic) bond motifs is 1. The molecule has 132 valence electrons. The van der Waals surface area contributed by atoms with Gasteiger partial charge in [-0.3, -0.25) is 4.79 Å². The second-order valence-corrected chi connectivity index (χ2v) is 7.02. The number of nitrogens with zero attached hydrogens (tertiary/aromatic N) is 4. The highest BCUT2D eigenvalue weighted by Crippen LogP contribution is 2.18. The third kappa shape index (κ3) is 3.23. The van der Waals surface area contributed by atoms with Crippen LogP contribution in [0.4, 0.5) is 0 Å². The molecule has 0 aliphatic rings. The first-order chi connectivity index (χ1) is 12.6. The largest absolute Gasteiger partial charge is 0.359 e. The van der Waals surface area contributed by atoms with Gasteiger partial charge in [0.15, 0.2) is 11.5 Å². The van der Waals surface area contributed by atoms with E-state index in [9.17, 15) is 4.79 Å². The third-order valence-corrected chi connectivity index (χ3v) is 4.87. The number of imidazole rings is 1. The SMILES string of the molecule is Cc1nc(CNC(=O)c2cc(Cn3c(C)nc4ccccc43)on2)cs1. The summed E-state index contributed by atoms with van der Waals surface area (Å²) < 4.78 is 7.38. The van der Waals surface area contributed by atoms with Crippen LogP contribution in [-0.2, 0) is 13.1 Å². The second kappa shape index (κ2) is 6.72. The molecule has 1 amide bonds. The normalized spacial score (nSPS) is 11.2. The summed E-state index contributed by atoms with van der Waals surface area (Å²) in [6.45, 7) is 4.72. The summed E-state index contributed by atoms with van der Waals surface area (Å²) in [6, 6.07) is 9.57. The number of hydrogen-bond acceptors (Lipinski definition) is 6. The van der Waals surface area contributed by atoms with Gasteiger partial charge in [-0.2, -0.15) is 0 Å². The molecule has 0 spiro atoms. The van der Waals surface area contributed by atoms with Crippen molar-refractivity contribution in [2.45, 2.75) is 26.9 Å². The Labute approximate surface area is 153 Å². The number of carbonyl (C=O) groups is 1. The molecule has 0 aliphatic heterocycles. The predicted octanol–water partition coefficient (Wildman–Crippen LogP) is 3.08. The minimum Gasteiger partial charge on any atom is -0.359 e. The molecule has 0 bridgehead atoms. The highest BCUT2D eigenvalue weighted by molar-refractivity contribution is 7.09.